The Kier molecular flexibility index (Phi) is 5.20. The number of aromatic nitrogens is 2. The number of para-hydroxylation sites is 1. The van der Waals surface area contributed by atoms with Crippen molar-refractivity contribution in [3.05, 3.63) is 60.0 Å². The van der Waals surface area contributed by atoms with E-state index in [2.05, 4.69) is 10.1 Å². The van der Waals surface area contributed by atoms with E-state index in [1.165, 1.54) is 0 Å². The first-order chi connectivity index (χ1) is 14.0. The lowest BCUT2D eigenvalue weighted by atomic mass is 9.98. The van der Waals surface area contributed by atoms with Crippen LogP contribution in [0, 0.1) is 0 Å². The summed E-state index contributed by atoms with van der Waals surface area (Å²) in [5, 5.41) is 4.08. The van der Waals surface area contributed by atoms with Gasteiger partial charge in [0.15, 0.2) is 0 Å². The highest BCUT2D eigenvalue weighted by molar-refractivity contribution is 5.95. The normalized spacial score (nSPS) is 14.0. The quantitative estimate of drug-likeness (QED) is 0.634. The van der Waals surface area contributed by atoms with Gasteiger partial charge in [-0.1, -0.05) is 17.3 Å². The molecule has 29 heavy (non-hydrogen) atoms. The van der Waals surface area contributed by atoms with Crippen molar-refractivity contribution in [2.24, 2.45) is 0 Å². The minimum Gasteiger partial charge on any atom is -0.496 e. The molecule has 1 saturated heterocycles. The van der Waals surface area contributed by atoms with Crippen LogP contribution in [-0.2, 0) is 0 Å². The highest BCUT2D eigenvalue weighted by Gasteiger charge is 2.36. The summed E-state index contributed by atoms with van der Waals surface area (Å²) < 4.78 is 16.4. The largest absolute Gasteiger partial charge is 0.496 e. The second-order valence-electron chi connectivity index (χ2n) is 7.25. The summed E-state index contributed by atoms with van der Waals surface area (Å²) in [6.45, 7) is 5.04. The maximum Gasteiger partial charge on any atom is 0.253 e. The number of carbonyl (C=O) groups is 1. The zero-order valence-electron chi connectivity index (χ0n) is 16.7. The first kappa shape index (κ1) is 19.0. The third-order valence-corrected chi connectivity index (χ3v) is 4.78. The van der Waals surface area contributed by atoms with Crippen LogP contribution in [0.15, 0.2) is 53.1 Å². The predicted molar refractivity (Wildman–Crippen MR) is 107 cm³/mol. The summed E-state index contributed by atoms with van der Waals surface area (Å²) in [5.74, 6) is 2.50. The van der Waals surface area contributed by atoms with Gasteiger partial charge in [0.2, 0.25) is 11.7 Å². The Bertz CT molecular complexity index is 991. The number of likely N-dealkylation sites (tertiary alicyclic amines) is 1. The minimum absolute atomic E-state index is 0.0122. The summed E-state index contributed by atoms with van der Waals surface area (Å²) in [4.78, 5) is 18.9. The summed E-state index contributed by atoms with van der Waals surface area (Å²) >= 11 is 0. The Morgan fingerprint density at radius 1 is 1.14 bits per heavy atom. The third kappa shape index (κ3) is 3.94. The van der Waals surface area contributed by atoms with Gasteiger partial charge in [0.1, 0.15) is 11.5 Å². The number of rotatable bonds is 6. The van der Waals surface area contributed by atoms with Gasteiger partial charge in [-0.05, 0) is 50.2 Å². The molecule has 0 saturated carbocycles. The van der Waals surface area contributed by atoms with Gasteiger partial charge in [0.25, 0.3) is 5.91 Å². The van der Waals surface area contributed by atoms with Crippen molar-refractivity contribution in [1.29, 1.82) is 0 Å². The van der Waals surface area contributed by atoms with Gasteiger partial charge < -0.3 is 18.9 Å². The molecule has 1 fully saturated rings. The van der Waals surface area contributed by atoms with E-state index >= 15 is 0 Å². The number of benzene rings is 2. The van der Waals surface area contributed by atoms with Crippen LogP contribution in [0.2, 0.25) is 0 Å². The van der Waals surface area contributed by atoms with Crippen LogP contribution in [0.3, 0.4) is 0 Å². The van der Waals surface area contributed by atoms with Crippen molar-refractivity contribution >= 4 is 5.91 Å². The fourth-order valence-corrected chi connectivity index (χ4v) is 3.27. The van der Waals surface area contributed by atoms with E-state index in [4.69, 9.17) is 14.0 Å². The smallest absolute Gasteiger partial charge is 0.253 e. The highest BCUT2D eigenvalue weighted by Crippen LogP contribution is 2.31. The van der Waals surface area contributed by atoms with Crippen LogP contribution in [0.5, 0.6) is 11.5 Å². The van der Waals surface area contributed by atoms with Crippen LogP contribution in [0.1, 0.15) is 36.0 Å². The monoisotopic (exact) mass is 393 g/mol. The molecule has 0 aliphatic carbocycles. The second kappa shape index (κ2) is 7.95. The third-order valence-electron chi connectivity index (χ3n) is 4.78. The molecule has 3 aromatic rings. The van der Waals surface area contributed by atoms with Crippen LogP contribution < -0.4 is 9.47 Å². The lowest BCUT2D eigenvalue weighted by Crippen LogP contribution is -2.48. The van der Waals surface area contributed by atoms with Gasteiger partial charge in [0.05, 0.1) is 24.7 Å². The van der Waals surface area contributed by atoms with Crippen molar-refractivity contribution in [3.8, 4) is 22.9 Å². The summed E-state index contributed by atoms with van der Waals surface area (Å²) in [6.07, 6.45) is 0.0999. The molecule has 0 N–H and O–H groups in total. The van der Waals surface area contributed by atoms with Crippen LogP contribution in [0.25, 0.3) is 11.4 Å². The fourth-order valence-electron chi connectivity index (χ4n) is 3.27. The molecule has 150 valence electrons. The molecule has 7 nitrogen and oxygen atoms in total. The number of ether oxygens (including phenoxy) is 2. The summed E-state index contributed by atoms with van der Waals surface area (Å²) in [7, 11) is 1.61. The molecular formula is C22H23N3O4. The number of hydrogen-bond donors (Lipinski definition) is 0. The molecule has 7 heteroatoms. The van der Waals surface area contributed by atoms with Gasteiger partial charge in [-0.2, -0.15) is 4.98 Å². The first-order valence-electron chi connectivity index (χ1n) is 9.58. The second-order valence-corrected chi connectivity index (χ2v) is 7.25. The molecule has 1 aliphatic rings. The summed E-state index contributed by atoms with van der Waals surface area (Å²) in [5.41, 5.74) is 1.42. The van der Waals surface area contributed by atoms with Gasteiger partial charge in [0, 0.05) is 18.7 Å². The molecule has 0 atom stereocenters. The average Bonchev–Trinajstić information content (AvgIpc) is 3.16. The molecule has 2 aromatic carbocycles. The summed E-state index contributed by atoms with van der Waals surface area (Å²) in [6, 6.07) is 14.8. The first-order valence-corrected chi connectivity index (χ1v) is 9.58. The van der Waals surface area contributed by atoms with Crippen LogP contribution in [0.4, 0.5) is 0 Å². The molecular weight excluding hydrogens is 370 g/mol. The van der Waals surface area contributed by atoms with Gasteiger partial charge in [-0.25, -0.2) is 0 Å². The Balaban J connectivity index is 1.39. The van der Waals surface area contributed by atoms with E-state index in [0.717, 1.165) is 11.3 Å². The van der Waals surface area contributed by atoms with Crippen molar-refractivity contribution in [2.75, 3.05) is 20.2 Å². The minimum atomic E-state index is -0.0122. The maximum absolute atomic E-state index is 12.6. The van der Waals surface area contributed by atoms with E-state index in [-0.39, 0.29) is 17.9 Å². The fraction of sp³-hybridized carbons (Fsp3) is 0.318. The molecule has 0 radical (unpaired) electrons. The van der Waals surface area contributed by atoms with Gasteiger partial charge in [-0.3, -0.25) is 4.79 Å². The van der Waals surface area contributed by atoms with Crippen LogP contribution in [-0.4, -0.2) is 47.3 Å². The molecule has 1 aliphatic heterocycles. The number of amides is 1. The molecule has 1 amide bonds. The average molecular weight is 393 g/mol. The van der Waals surface area contributed by atoms with E-state index in [9.17, 15) is 4.79 Å². The predicted octanol–water partition coefficient (Wildman–Crippen LogP) is 3.77. The molecule has 1 aromatic heterocycles. The van der Waals surface area contributed by atoms with E-state index < -0.39 is 0 Å². The van der Waals surface area contributed by atoms with E-state index in [0.29, 0.717) is 36.1 Å². The van der Waals surface area contributed by atoms with Gasteiger partial charge in [-0.15, -0.1) is 0 Å². The topological polar surface area (TPSA) is 77.7 Å². The Morgan fingerprint density at radius 3 is 2.55 bits per heavy atom. The lowest BCUT2D eigenvalue weighted by Gasteiger charge is -2.37. The zero-order chi connectivity index (χ0) is 20.4. The molecule has 0 unspecified atom stereocenters. The standard InChI is InChI=1S/C22H23N3O4/c1-14(2)28-17-10-8-15(9-11-17)22(26)25-12-16(13-25)21-23-20(24-29-21)18-6-4-5-7-19(18)27-3/h4-11,14,16H,12-13H2,1-3H3. The van der Waals surface area contributed by atoms with Crippen LogP contribution >= 0.6 is 0 Å². The SMILES string of the molecule is COc1ccccc1-c1noc(C2CN(C(=O)c3ccc(OC(C)C)cc3)C2)n1. The van der Waals surface area contributed by atoms with Crippen molar-refractivity contribution in [3.63, 3.8) is 0 Å². The van der Waals surface area contributed by atoms with Gasteiger partial charge >= 0.3 is 0 Å². The number of nitrogens with zero attached hydrogens (tertiary/aromatic N) is 3. The van der Waals surface area contributed by atoms with E-state index in [1.807, 2.05) is 50.2 Å². The van der Waals surface area contributed by atoms with Crippen molar-refractivity contribution < 1.29 is 18.8 Å². The maximum atomic E-state index is 12.6. The molecule has 4 rings (SSSR count). The number of methoxy groups -OCH3 is 1. The van der Waals surface area contributed by atoms with E-state index in [1.54, 1.807) is 24.1 Å². The molecule has 0 bridgehead atoms. The molecule has 2 heterocycles. The Morgan fingerprint density at radius 2 is 1.86 bits per heavy atom. The lowest BCUT2D eigenvalue weighted by molar-refractivity contribution is 0.0569. The number of hydrogen-bond acceptors (Lipinski definition) is 6. The Hall–Kier alpha value is -3.35. The Labute approximate surface area is 169 Å². The molecule has 0 spiro atoms. The zero-order valence-corrected chi connectivity index (χ0v) is 16.7. The number of carbonyl (C=O) groups excluding carboxylic acids is 1. The van der Waals surface area contributed by atoms with Crippen molar-refractivity contribution in [2.45, 2.75) is 25.9 Å². The highest BCUT2D eigenvalue weighted by atomic mass is 16.5. The van der Waals surface area contributed by atoms with Crippen molar-refractivity contribution in [1.82, 2.24) is 15.0 Å².